The predicted molar refractivity (Wildman–Crippen MR) is 157 cm³/mol. The highest BCUT2D eigenvalue weighted by atomic mass is 35.5. The van der Waals surface area contributed by atoms with Crippen molar-refractivity contribution in [3.63, 3.8) is 0 Å². The molecule has 208 valence electrons. The van der Waals surface area contributed by atoms with E-state index in [0.717, 1.165) is 4.31 Å². The number of sulfonamides is 1. The molecule has 0 saturated heterocycles. The number of nitrogens with zero attached hydrogens (tertiary/aromatic N) is 2. The van der Waals surface area contributed by atoms with Gasteiger partial charge in [-0.1, -0.05) is 65.5 Å². The molecule has 0 spiro atoms. The number of benzene rings is 3. The minimum Gasteiger partial charge on any atom is -0.355 e. The molecular formula is C27H27Cl4N3O4S. The lowest BCUT2D eigenvalue weighted by molar-refractivity contribution is -0.140. The monoisotopic (exact) mass is 629 g/mol. The Balaban J connectivity index is 2.08. The third kappa shape index (κ3) is 7.80. The third-order valence-electron chi connectivity index (χ3n) is 5.87. The Bertz CT molecular complexity index is 1440. The first kappa shape index (κ1) is 31.0. The highest BCUT2D eigenvalue weighted by Crippen LogP contribution is 2.28. The van der Waals surface area contributed by atoms with Crippen molar-refractivity contribution in [3.05, 3.63) is 92.4 Å². The van der Waals surface area contributed by atoms with Crippen LogP contribution in [0.25, 0.3) is 0 Å². The average molecular weight is 631 g/mol. The van der Waals surface area contributed by atoms with Gasteiger partial charge in [0.25, 0.3) is 10.0 Å². The van der Waals surface area contributed by atoms with Crippen molar-refractivity contribution < 1.29 is 18.0 Å². The fraction of sp³-hybridized carbons (Fsp3) is 0.259. The molecule has 0 aliphatic carbocycles. The molecule has 12 heteroatoms. The molecule has 0 fully saturated rings. The molecule has 0 aliphatic heterocycles. The zero-order valence-corrected chi connectivity index (χ0v) is 25.0. The maximum atomic E-state index is 14.0. The minimum atomic E-state index is -4.24. The van der Waals surface area contributed by atoms with Crippen molar-refractivity contribution >= 4 is 73.9 Å². The Morgan fingerprint density at radius 1 is 0.872 bits per heavy atom. The van der Waals surface area contributed by atoms with E-state index in [0.29, 0.717) is 27.2 Å². The molecule has 1 unspecified atom stereocenters. The van der Waals surface area contributed by atoms with Crippen LogP contribution >= 0.6 is 46.4 Å². The molecule has 1 atom stereocenters. The fourth-order valence-corrected chi connectivity index (χ4v) is 6.12. The molecule has 0 bridgehead atoms. The van der Waals surface area contributed by atoms with Crippen molar-refractivity contribution in [2.75, 3.05) is 17.4 Å². The normalized spacial score (nSPS) is 12.1. The topological polar surface area (TPSA) is 86.8 Å². The third-order valence-corrected chi connectivity index (χ3v) is 8.73. The zero-order chi connectivity index (χ0) is 28.7. The minimum absolute atomic E-state index is 0.0468. The summed E-state index contributed by atoms with van der Waals surface area (Å²) < 4.78 is 28.5. The number of nitrogens with one attached hydrogen (secondary N) is 1. The van der Waals surface area contributed by atoms with Crippen molar-refractivity contribution in [2.45, 2.75) is 37.8 Å². The summed E-state index contributed by atoms with van der Waals surface area (Å²) in [5, 5.41) is 4.12. The van der Waals surface area contributed by atoms with Gasteiger partial charge in [-0.15, -0.1) is 0 Å². The summed E-state index contributed by atoms with van der Waals surface area (Å²) in [7, 11) is -4.24. The van der Waals surface area contributed by atoms with E-state index in [1.165, 1.54) is 47.4 Å². The molecular weight excluding hydrogens is 604 g/mol. The van der Waals surface area contributed by atoms with Gasteiger partial charge in [-0.05, 0) is 73.5 Å². The highest BCUT2D eigenvalue weighted by Gasteiger charge is 2.34. The Kier molecular flexibility index (Phi) is 10.9. The van der Waals surface area contributed by atoms with E-state index in [4.69, 9.17) is 46.4 Å². The van der Waals surface area contributed by atoms with Crippen molar-refractivity contribution in [3.8, 4) is 0 Å². The van der Waals surface area contributed by atoms with Gasteiger partial charge in [0.05, 0.1) is 10.6 Å². The number of carbonyl (C=O) groups excluding carboxylic acids is 2. The molecule has 0 radical (unpaired) electrons. The van der Waals surface area contributed by atoms with Gasteiger partial charge >= 0.3 is 0 Å². The first-order valence-electron chi connectivity index (χ1n) is 12.0. The summed E-state index contributed by atoms with van der Waals surface area (Å²) in [6, 6.07) is 15.7. The van der Waals surface area contributed by atoms with Crippen LogP contribution in [0, 0.1) is 0 Å². The van der Waals surface area contributed by atoms with Gasteiger partial charge in [-0.3, -0.25) is 13.9 Å². The molecule has 2 amide bonds. The zero-order valence-electron chi connectivity index (χ0n) is 21.2. The SMILES string of the molecule is CCNC(=O)C(CC)N(Cc1ccc(Cl)cc1Cl)C(=O)CN(c1cccc(Cl)c1)S(=O)(=O)c1ccc(Cl)cc1. The second-order valence-electron chi connectivity index (χ2n) is 8.52. The molecule has 39 heavy (non-hydrogen) atoms. The summed E-state index contributed by atoms with van der Waals surface area (Å²) in [4.78, 5) is 28.2. The number of halogens is 4. The van der Waals surface area contributed by atoms with Crippen LogP contribution in [0.15, 0.2) is 71.6 Å². The molecule has 7 nitrogen and oxygen atoms in total. The summed E-state index contributed by atoms with van der Waals surface area (Å²) in [5.41, 5.74) is 0.730. The van der Waals surface area contributed by atoms with E-state index in [9.17, 15) is 18.0 Å². The van der Waals surface area contributed by atoms with Crippen LogP contribution in [0.1, 0.15) is 25.8 Å². The van der Waals surface area contributed by atoms with Gasteiger partial charge < -0.3 is 10.2 Å². The lowest BCUT2D eigenvalue weighted by atomic mass is 10.1. The summed E-state index contributed by atoms with van der Waals surface area (Å²) in [6.07, 6.45) is 0.282. The summed E-state index contributed by atoms with van der Waals surface area (Å²) >= 11 is 24.6. The van der Waals surface area contributed by atoms with Crippen LogP contribution in [-0.4, -0.2) is 44.3 Å². The summed E-state index contributed by atoms with van der Waals surface area (Å²) in [5.74, 6) is -0.982. The second-order valence-corrected chi connectivity index (χ2v) is 12.1. The standard InChI is InChI=1S/C27H27Cl4N3O4S/c1-3-25(27(36)32-4-2)33(16-18-8-9-21(30)15-24(18)31)26(35)17-34(22-7-5-6-20(29)14-22)39(37,38)23-12-10-19(28)11-13-23/h5-15,25H,3-4,16-17H2,1-2H3,(H,32,36). The van der Waals surface area contributed by atoms with E-state index in [1.54, 1.807) is 38.1 Å². The first-order valence-corrected chi connectivity index (χ1v) is 15.0. The van der Waals surface area contributed by atoms with Crippen LogP contribution in [0.5, 0.6) is 0 Å². The van der Waals surface area contributed by atoms with Gasteiger partial charge in [0.1, 0.15) is 12.6 Å². The largest absolute Gasteiger partial charge is 0.355 e. The number of hydrogen-bond donors (Lipinski definition) is 1. The molecule has 0 saturated carbocycles. The molecule has 0 aromatic heterocycles. The number of hydrogen-bond acceptors (Lipinski definition) is 4. The quantitative estimate of drug-likeness (QED) is 0.264. The lowest BCUT2D eigenvalue weighted by Crippen LogP contribution is -2.52. The van der Waals surface area contributed by atoms with Gasteiger partial charge in [0.15, 0.2) is 0 Å². The predicted octanol–water partition coefficient (Wildman–Crippen LogP) is 6.44. The molecule has 3 rings (SSSR count). The van der Waals surface area contributed by atoms with Crippen molar-refractivity contribution in [1.29, 1.82) is 0 Å². The van der Waals surface area contributed by atoms with Gasteiger partial charge in [-0.25, -0.2) is 8.42 Å². The highest BCUT2D eigenvalue weighted by molar-refractivity contribution is 7.92. The Morgan fingerprint density at radius 3 is 2.10 bits per heavy atom. The number of rotatable bonds is 11. The maximum absolute atomic E-state index is 14.0. The van der Waals surface area contributed by atoms with E-state index in [1.807, 2.05) is 0 Å². The number of carbonyl (C=O) groups is 2. The van der Waals surface area contributed by atoms with E-state index < -0.39 is 28.5 Å². The van der Waals surface area contributed by atoms with E-state index >= 15 is 0 Å². The van der Waals surface area contributed by atoms with Gasteiger partial charge in [0.2, 0.25) is 11.8 Å². The van der Waals surface area contributed by atoms with E-state index in [2.05, 4.69) is 5.32 Å². The Labute approximate surface area is 248 Å². The maximum Gasteiger partial charge on any atom is 0.264 e. The van der Waals surface area contributed by atoms with Gasteiger partial charge in [0, 0.05) is 33.2 Å². The number of amides is 2. The van der Waals surface area contributed by atoms with Crippen LogP contribution < -0.4 is 9.62 Å². The first-order chi connectivity index (χ1) is 18.5. The van der Waals surface area contributed by atoms with Crippen molar-refractivity contribution in [2.24, 2.45) is 0 Å². The average Bonchev–Trinajstić information content (AvgIpc) is 2.88. The Hall–Kier alpha value is -2.49. The van der Waals surface area contributed by atoms with E-state index in [-0.39, 0.29) is 34.5 Å². The number of anilines is 1. The number of likely N-dealkylation sites (N-methyl/N-ethyl adjacent to an activating group) is 1. The Morgan fingerprint density at radius 2 is 1.51 bits per heavy atom. The molecule has 3 aromatic rings. The van der Waals surface area contributed by atoms with Crippen LogP contribution in [-0.2, 0) is 26.2 Å². The van der Waals surface area contributed by atoms with Crippen LogP contribution in [0.3, 0.4) is 0 Å². The van der Waals surface area contributed by atoms with Crippen LogP contribution in [0.4, 0.5) is 5.69 Å². The molecule has 0 heterocycles. The van der Waals surface area contributed by atoms with Crippen molar-refractivity contribution in [1.82, 2.24) is 10.2 Å². The molecule has 1 N–H and O–H groups in total. The van der Waals surface area contributed by atoms with Gasteiger partial charge in [-0.2, -0.15) is 0 Å². The smallest absolute Gasteiger partial charge is 0.264 e. The molecule has 3 aromatic carbocycles. The van der Waals surface area contributed by atoms with Crippen LogP contribution in [0.2, 0.25) is 20.1 Å². The molecule has 0 aliphatic rings. The fourth-order valence-electron chi connectivity index (χ4n) is 3.94. The summed E-state index contributed by atoms with van der Waals surface area (Å²) in [6.45, 7) is 3.25. The lowest BCUT2D eigenvalue weighted by Gasteiger charge is -2.33. The second kappa shape index (κ2) is 13.7.